The maximum absolute atomic E-state index is 11.2. The van der Waals surface area contributed by atoms with E-state index in [-0.39, 0.29) is 70.0 Å². The lowest BCUT2D eigenvalue weighted by molar-refractivity contribution is -0.234. The Morgan fingerprint density at radius 3 is 1.61 bits per heavy atom. The van der Waals surface area contributed by atoms with Crippen LogP contribution in [0.1, 0.15) is 155 Å². The molecule has 2 aliphatic rings. The largest absolute Gasteiger partial charge is 0.394 e. The van der Waals surface area contributed by atoms with Crippen LogP contribution in [0.2, 0.25) is 0 Å². The Kier molecular flexibility index (Phi) is 43.5. The molecule has 0 aromatic heterocycles. The first kappa shape index (κ1) is 86.0. The molecule has 0 radical (unpaired) electrons. The highest BCUT2D eigenvalue weighted by molar-refractivity contribution is 5.11. The highest BCUT2D eigenvalue weighted by Crippen LogP contribution is 2.32. The van der Waals surface area contributed by atoms with Crippen molar-refractivity contribution in [2.75, 3.05) is 6.61 Å². The Hall–Kier alpha value is -3.08. The molecule has 93 heavy (non-hydrogen) atoms. The van der Waals surface area contributed by atoms with Gasteiger partial charge in [-0.05, 0) is 134 Å². The van der Waals surface area contributed by atoms with E-state index in [4.69, 9.17) is 14.6 Å². The second-order valence-corrected chi connectivity index (χ2v) is 25.6. The lowest BCUT2D eigenvalue weighted by Gasteiger charge is -2.42. The van der Waals surface area contributed by atoms with Gasteiger partial charge in [-0.3, -0.25) is 0 Å². The van der Waals surface area contributed by atoms with E-state index in [0.717, 1.165) is 12.8 Å². The number of hydrogen-bond acceptors (Lipinski definition) is 25. The molecule has 2 fully saturated rings. The SMILES string of the molecule is C=CCCCC(O)/C=C/C=C/C(O)CCC/C=C/C(O)C(O)C1OC(C(O)C(O)C(=C)CCC(O)C2CC(O)C(O)C(C(O)C(O)/C=C(\C)CCC(O)CC(O)C(O)C(C)C(O)C(O)C/C=C/CC(O)/C=C/CC(O)CCCC(O)CCCC(O)CO)O2)CC(O)C1O. The molecule has 2 aliphatic heterocycles. The van der Waals surface area contributed by atoms with Gasteiger partial charge in [0, 0.05) is 25.2 Å². The molecule has 540 valence electrons. The Morgan fingerprint density at radius 2 is 1.02 bits per heavy atom. The van der Waals surface area contributed by atoms with Crippen LogP contribution in [-0.2, 0) is 9.47 Å². The standard InChI is InChI=1S/C68H118O25/c1-5-6-8-18-43(70)20-11-12-21-44(71)19-9-7-10-29-52(79)62(87)67-65(90)56(83)38-58(93-67)66(91)59(84)41(3)32-34-50(77)57-37-55(82)64(89)68(92-57)63(88)53(80)35-40(2)31-33-48(75)36-54(81)61(86)42(4)60(85)51(78)30-14-13-22-45(72)23-15-24-46(73)25-16-26-47(74)27-17-28-49(76)39-69/h5,10-15,20-21,23,29,35,42-91H,1,3,6-9,16-19,22,24-28,30-34,36-39H2,2,4H3/b14-13+,20-11+,21-12+,23-15+,29-10+,40-35+. The van der Waals surface area contributed by atoms with Crippen LogP contribution >= 0.6 is 0 Å². The van der Waals surface area contributed by atoms with Gasteiger partial charge in [0.2, 0.25) is 0 Å². The number of aliphatic hydroxyl groups is 23. The zero-order chi connectivity index (χ0) is 69.9. The van der Waals surface area contributed by atoms with Crippen LogP contribution in [0.3, 0.4) is 0 Å². The lowest BCUT2D eigenvalue weighted by Crippen LogP contribution is -2.59. The molecule has 25 nitrogen and oxygen atoms in total. The summed E-state index contributed by atoms with van der Waals surface area (Å²) in [7, 11) is 0. The second kappa shape index (κ2) is 47.0. The maximum Gasteiger partial charge on any atom is 0.115 e. The summed E-state index contributed by atoms with van der Waals surface area (Å²) < 4.78 is 11.6. The summed E-state index contributed by atoms with van der Waals surface area (Å²) in [6, 6.07) is 0. The number of aliphatic hydroxyl groups excluding tert-OH is 23. The van der Waals surface area contributed by atoms with Crippen LogP contribution in [0.15, 0.2) is 97.2 Å². The minimum Gasteiger partial charge on any atom is -0.394 e. The van der Waals surface area contributed by atoms with E-state index in [9.17, 15) is 112 Å². The molecule has 0 aromatic rings. The van der Waals surface area contributed by atoms with Crippen LogP contribution in [-0.4, -0.2) is 283 Å². The molecule has 0 saturated carbocycles. The zero-order valence-electron chi connectivity index (χ0n) is 54.3. The summed E-state index contributed by atoms with van der Waals surface area (Å²) in [5.41, 5.74) is 0.417. The minimum atomic E-state index is -1.86. The van der Waals surface area contributed by atoms with Gasteiger partial charge in [0.15, 0.2) is 0 Å². The van der Waals surface area contributed by atoms with Crippen LogP contribution < -0.4 is 0 Å². The molecule has 27 atom stereocenters. The monoisotopic (exact) mass is 1330 g/mol. The molecule has 0 spiro atoms. The Bertz CT molecular complexity index is 2180. The quantitative estimate of drug-likeness (QED) is 0.0200. The summed E-state index contributed by atoms with van der Waals surface area (Å²) in [4.78, 5) is 0. The lowest BCUT2D eigenvalue weighted by atomic mass is 9.86. The number of ether oxygens (including phenoxy) is 2. The van der Waals surface area contributed by atoms with Gasteiger partial charge in [0.25, 0.3) is 0 Å². The molecule has 0 amide bonds. The number of rotatable bonds is 49. The van der Waals surface area contributed by atoms with Crippen molar-refractivity contribution in [3.63, 3.8) is 0 Å². The van der Waals surface area contributed by atoms with Crippen LogP contribution in [0.4, 0.5) is 0 Å². The van der Waals surface area contributed by atoms with Crippen molar-refractivity contribution in [1.29, 1.82) is 0 Å². The molecule has 0 aromatic carbocycles. The van der Waals surface area contributed by atoms with Crippen LogP contribution in [0.5, 0.6) is 0 Å². The molecular weight excluding hydrogens is 1220 g/mol. The van der Waals surface area contributed by atoms with Gasteiger partial charge in [0.1, 0.15) is 61.0 Å². The molecule has 0 bridgehead atoms. The fourth-order valence-electron chi connectivity index (χ4n) is 11.2. The summed E-state index contributed by atoms with van der Waals surface area (Å²) in [6.45, 7) is 10.1. The third-order valence-electron chi connectivity index (χ3n) is 17.4. The maximum atomic E-state index is 11.2. The molecule has 0 aliphatic carbocycles. The highest BCUT2D eigenvalue weighted by atomic mass is 16.6. The van der Waals surface area contributed by atoms with E-state index < -0.39 is 171 Å². The molecule has 25 heteroatoms. The molecule has 27 unspecified atom stereocenters. The van der Waals surface area contributed by atoms with Crippen molar-refractivity contribution in [2.45, 2.75) is 314 Å². The third kappa shape index (κ3) is 33.4. The van der Waals surface area contributed by atoms with Crippen molar-refractivity contribution in [1.82, 2.24) is 0 Å². The predicted octanol–water partition coefficient (Wildman–Crippen LogP) is -0.859. The molecule has 2 rings (SSSR count). The van der Waals surface area contributed by atoms with Crippen LogP contribution in [0.25, 0.3) is 0 Å². The molecule has 2 heterocycles. The summed E-state index contributed by atoms with van der Waals surface area (Å²) in [5, 5.41) is 243. The van der Waals surface area contributed by atoms with Gasteiger partial charge in [0.05, 0.1) is 104 Å². The first-order valence-corrected chi connectivity index (χ1v) is 33.1. The molecule has 23 N–H and O–H groups in total. The predicted molar refractivity (Wildman–Crippen MR) is 346 cm³/mol. The van der Waals surface area contributed by atoms with Gasteiger partial charge >= 0.3 is 0 Å². The van der Waals surface area contributed by atoms with Gasteiger partial charge in [-0.15, -0.1) is 6.58 Å². The van der Waals surface area contributed by atoms with E-state index in [2.05, 4.69) is 13.2 Å². The normalized spacial score (nSPS) is 27.5. The fraction of sp³-hybridized carbons (Fsp3) is 0.765. The molecular formula is C68H118O25. The van der Waals surface area contributed by atoms with Crippen molar-refractivity contribution in [3.05, 3.63) is 97.2 Å². The Labute approximate surface area is 548 Å². The van der Waals surface area contributed by atoms with E-state index in [0.29, 0.717) is 69.8 Å². The summed E-state index contributed by atoms with van der Waals surface area (Å²) in [6.07, 6.45) is -11.5. The van der Waals surface area contributed by atoms with E-state index in [1.807, 2.05) is 0 Å². The number of unbranched alkanes of at least 4 members (excludes halogenated alkanes) is 2. The first-order chi connectivity index (χ1) is 43.9. The van der Waals surface area contributed by atoms with Crippen molar-refractivity contribution in [2.24, 2.45) is 5.92 Å². The first-order valence-electron chi connectivity index (χ1n) is 33.1. The van der Waals surface area contributed by atoms with Gasteiger partial charge in [-0.25, -0.2) is 0 Å². The number of hydrogen-bond donors (Lipinski definition) is 23. The Balaban J connectivity index is 1.82. The summed E-state index contributed by atoms with van der Waals surface area (Å²) in [5.74, 6) is -1.05. The van der Waals surface area contributed by atoms with Crippen LogP contribution in [0, 0.1) is 5.92 Å². The summed E-state index contributed by atoms with van der Waals surface area (Å²) >= 11 is 0. The third-order valence-corrected chi connectivity index (χ3v) is 17.4. The Morgan fingerprint density at radius 1 is 0.495 bits per heavy atom. The van der Waals surface area contributed by atoms with E-state index in [1.165, 1.54) is 25.2 Å². The average Bonchev–Trinajstić information content (AvgIpc) is 0.903. The fourth-order valence-corrected chi connectivity index (χ4v) is 11.2. The van der Waals surface area contributed by atoms with Crippen molar-refractivity contribution < 1.29 is 127 Å². The average molecular weight is 1340 g/mol. The van der Waals surface area contributed by atoms with E-state index >= 15 is 0 Å². The minimum absolute atomic E-state index is 0.00382. The van der Waals surface area contributed by atoms with Gasteiger partial charge in [-0.1, -0.05) is 92.0 Å². The van der Waals surface area contributed by atoms with Crippen molar-refractivity contribution >= 4 is 0 Å². The van der Waals surface area contributed by atoms with Crippen molar-refractivity contribution in [3.8, 4) is 0 Å². The highest BCUT2D eigenvalue weighted by Gasteiger charge is 2.47. The second-order valence-electron chi connectivity index (χ2n) is 25.6. The zero-order valence-corrected chi connectivity index (χ0v) is 54.3. The number of allylic oxidation sites excluding steroid dienone is 5. The van der Waals surface area contributed by atoms with E-state index in [1.54, 1.807) is 61.6 Å². The van der Waals surface area contributed by atoms with Gasteiger partial charge < -0.3 is 127 Å². The topological polar surface area (TPSA) is 484 Å². The van der Waals surface area contributed by atoms with Gasteiger partial charge in [-0.2, -0.15) is 0 Å². The molecule has 2 saturated heterocycles. The smallest absolute Gasteiger partial charge is 0.115 e.